The van der Waals surface area contributed by atoms with Gasteiger partial charge >= 0.3 is 0 Å². The average molecular weight is 359 g/mol. The number of anilines is 1. The maximum atomic E-state index is 12.7. The second-order valence-electron chi connectivity index (χ2n) is 6.31. The first-order chi connectivity index (χ1) is 13.0. The molecule has 0 saturated carbocycles. The Kier molecular flexibility index (Phi) is 4.04. The first-order valence-electron chi connectivity index (χ1n) is 8.45. The first-order valence-corrected chi connectivity index (χ1v) is 8.45. The highest BCUT2D eigenvalue weighted by molar-refractivity contribution is 6.06. The maximum absolute atomic E-state index is 12.7. The Morgan fingerprint density at radius 1 is 1.00 bits per heavy atom. The third kappa shape index (κ3) is 3.35. The summed E-state index contributed by atoms with van der Waals surface area (Å²) < 4.78 is 1.42. The average Bonchev–Trinajstić information content (AvgIpc) is 3.00. The van der Waals surface area contributed by atoms with E-state index in [1.54, 1.807) is 26.0 Å². The Morgan fingerprint density at radius 2 is 1.78 bits per heavy atom. The lowest BCUT2D eigenvalue weighted by atomic mass is 10.1. The van der Waals surface area contributed by atoms with Gasteiger partial charge in [0.15, 0.2) is 0 Å². The van der Waals surface area contributed by atoms with Gasteiger partial charge in [0.05, 0.1) is 5.69 Å². The van der Waals surface area contributed by atoms with E-state index in [4.69, 9.17) is 0 Å². The van der Waals surface area contributed by atoms with Gasteiger partial charge in [-0.25, -0.2) is 4.98 Å². The molecule has 134 valence electrons. The summed E-state index contributed by atoms with van der Waals surface area (Å²) in [5, 5.41) is 9.23. The second-order valence-corrected chi connectivity index (χ2v) is 6.31. The van der Waals surface area contributed by atoms with Crippen LogP contribution in [0.3, 0.4) is 0 Å². The van der Waals surface area contributed by atoms with Gasteiger partial charge in [-0.3, -0.25) is 14.6 Å². The van der Waals surface area contributed by atoms with Crippen LogP contribution in [0.4, 0.5) is 5.82 Å². The molecule has 2 N–H and O–H groups in total. The van der Waals surface area contributed by atoms with Crippen molar-refractivity contribution in [1.82, 2.24) is 19.7 Å². The molecule has 7 heteroatoms. The van der Waals surface area contributed by atoms with E-state index in [1.807, 2.05) is 36.4 Å². The van der Waals surface area contributed by atoms with Crippen molar-refractivity contribution in [2.45, 2.75) is 13.8 Å². The predicted molar refractivity (Wildman–Crippen MR) is 103 cm³/mol. The summed E-state index contributed by atoms with van der Waals surface area (Å²) in [6.07, 6.45) is 0. The van der Waals surface area contributed by atoms with Crippen molar-refractivity contribution in [3.8, 4) is 5.95 Å². The molecule has 0 saturated heterocycles. The fourth-order valence-corrected chi connectivity index (χ4v) is 2.93. The Hall–Kier alpha value is -3.74. The highest BCUT2D eigenvalue weighted by atomic mass is 16.1. The van der Waals surface area contributed by atoms with E-state index in [1.165, 1.54) is 10.7 Å². The zero-order valence-electron chi connectivity index (χ0n) is 14.9. The normalized spacial score (nSPS) is 10.9. The number of H-pyrrole nitrogens is 1. The molecule has 0 aliphatic rings. The molecule has 7 nitrogen and oxygen atoms in total. The third-order valence-corrected chi connectivity index (χ3v) is 4.14. The minimum absolute atomic E-state index is 0.252. The molecule has 2 heterocycles. The molecule has 0 bridgehead atoms. The lowest BCUT2D eigenvalue weighted by Gasteiger charge is -2.09. The molecule has 2 aromatic heterocycles. The SMILES string of the molecule is Cc1cc(=O)[nH]c(-n2nc(C)cc2NC(=O)c2ccc3ccccc3c2)n1. The monoisotopic (exact) mass is 359 g/mol. The maximum Gasteiger partial charge on any atom is 0.256 e. The third-order valence-electron chi connectivity index (χ3n) is 4.14. The van der Waals surface area contributed by atoms with Crippen molar-refractivity contribution >= 4 is 22.5 Å². The lowest BCUT2D eigenvalue weighted by Crippen LogP contribution is -2.18. The van der Waals surface area contributed by atoms with Gasteiger partial charge in [0, 0.05) is 23.4 Å². The molecule has 0 aliphatic carbocycles. The van der Waals surface area contributed by atoms with Crippen LogP contribution in [0.2, 0.25) is 0 Å². The lowest BCUT2D eigenvalue weighted by molar-refractivity contribution is 0.102. The Morgan fingerprint density at radius 3 is 2.56 bits per heavy atom. The number of amides is 1. The first kappa shape index (κ1) is 16.7. The van der Waals surface area contributed by atoms with Crippen LogP contribution in [-0.2, 0) is 0 Å². The summed E-state index contributed by atoms with van der Waals surface area (Å²) in [4.78, 5) is 31.4. The zero-order valence-corrected chi connectivity index (χ0v) is 14.9. The van der Waals surface area contributed by atoms with Gasteiger partial charge in [-0.2, -0.15) is 9.78 Å². The predicted octanol–water partition coefficient (Wildman–Crippen LogP) is 2.98. The number of rotatable bonds is 3. The van der Waals surface area contributed by atoms with Crippen molar-refractivity contribution in [2.75, 3.05) is 5.32 Å². The highest BCUT2D eigenvalue weighted by Gasteiger charge is 2.14. The van der Waals surface area contributed by atoms with E-state index in [0.717, 1.165) is 10.8 Å². The number of carbonyl (C=O) groups excluding carboxylic acids is 1. The van der Waals surface area contributed by atoms with Crippen molar-refractivity contribution in [3.05, 3.63) is 81.9 Å². The quantitative estimate of drug-likeness (QED) is 0.588. The number of benzene rings is 2. The number of aryl methyl sites for hydroxylation is 2. The van der Waals surface area contributed by atoms with E-state index < -0.39 is 0 Å². The largest absolute Gasteiger partial charge is 0.306 e. The fraction of sp³-hybridized carbons (Fsp3) is 0.100. The van der Waals surface area contributed by atoms with E-state index in [2.05, 4.69) is 20.4 Å². The van der Waals surface area contributed by atoms with Crippen LogP contribution in [0.15, 0.2) is 59.4 Å². The van der Waals surface area contributed by atoms with E-state index in [-0.39, 0.29) is 17.4 Å². The summed E-state index contributed by atoms with van der Waals surface area (Å²) in [5.41, 5.74) is 1.50. The van der Waals surface area contributed by atoms with Crippen molar-refractivity contribution in [2.24, 2.45) is 0 Å². The fourth-order valence-electron chi connectivity index (χ4n) is 2.93. The highest BCUT2D eigenvalue weighted by Crippen LogP contribution is 2.18. The number of nitrogens with one attached hydrogen (secondary N) is 2. The molecule has 0 aliphatic heterocycles. The van der Waals surface area contributed by atoms with Crippen LogP contribution in [0.1, 0.15) is 21.7 Å². The molecule has 27 heavy (non-hydrogen) atoms. The molecule has 2 aromatic carbocycles. The Balaban J connectivity index is 1.69. The van der Waals surface area contributed by atoms with Gasteiger partial charge < -0.3 is 5.32 Å². The zero-order chi connectivity index (χ0) is 19.0. The molecular weight excluding hydrogens is 342 g/mol. The van der Waals surface area contributed by atoms with Gasteiger partial charge in [-0.15, -0.1) is 0 Å². The van der Waals surface area contributed by atoms with E-state index in [0.29, 0.717) is 22.8 Å². The van der Waals surface area contributed by atoms with Crippen LogP contribution < -0.4 is 10.9 Å². The van der Waals surface area contributed by atoms with Crippen molar-refractivity contribution < 1.29 is 4.79 Å². The van der Waals surface area contributed by atoms with Crippen LogP contribution in [0.25, 0.3) is 16.7 Å². The molecule has 0 spiro atoms. The molecule has 0 fully saturated rings. The smallest absolute Gasteiger partial charge is 0.256 e. The molecular formula is C20H17N5O2. The van der Waals surface area contributed by atoms with Gasteiger partial charge in [0.25, 0.3) is 11.5 Å². The summed E-state index contributed by atoms with van der Waals surface area (Å²) in [7, 11) is 0. The van der Waals surface area contributed by atoms with Crippen LogP contribution in [-0.4, -0.2) is 25.7 Å². The molecule has 4 aromatic rings. The van der Waals surface area contributed by atoms with Gasteiger partial charge in [-0.05, 0) is 36.8 Å². The second kappa shape index (κ2) is 6.53. The van der Waals surface area contributed by atoms with Crippen molar-refractivity contribution in [3.63, 3.8) is 0 Å². The number of nitrogens with zero attached hydrogens (tertiary/aromatic N) is 3. The minimum atomic E-state index is -0.280. The van der Waals surface area contributed by atoms with Gasteiger partial charge in [-0.1, -0.05) is 30.3 Å². The van der Waals surface area contributed by atoms with Crippen molar-refractivity contribution in [1.29, 1.82) is 0 Å². The molecule has 0 atom stereocenters. The van der Waals surface area contributed by atoms with E-state index in [9.17, 15) is 9.59 Å². The molecule has 1 amide bonds. The number of aromatic nitrogens is 4. The van der Waals surface area contributed by atoms with Crippen LogP contribution in [0, 0.1) is 13.8 Å². The Labute approximate surface area is 154 Å². The summed E-state index contributed by atoms with van der Waals surface area (Å²) >= 11 is 0. The number of aromatic amines is 1. The minimum Gasteiger partial charge on any atom is -0.306 e. The van der Waals surface area contributed by atoms with Crippen LogP contribution >= 0.6 is 0 Å². The van der Waals surface area contributed by atoms with Gasteiger partial charge in [0.2, 0.25) is 5.95 Å². The summed E-state index contributed by atoms with van der Waals surface area (Å²) in [6, 6.07) is 16.5. The number of hydrogen-bond donors (Lipinski definition) is 2. The summed E-state index contributed by atoms with van der Waals surface area (Å²) in [5.74, 6) is 0.415. The number of fused-ring (bicyclic) bond motifs is 1. The van der Waals surface area contributed by atoms with E-state index >= 15 is 0 Å². The molecule has 4 rings (SSSR count). The topological polar surface area (TPSA) is 92.7 Å². The number of hydrogen-bond acceptors (Lipinski definition) is 4. The van der Waals surface area contributed by atoms with Crippen LogP contribution in [0.5, 0.6) is 0 Å². The molecule has 0 radical (unpaired) electrons. The Bertz CT molecular complexity index is 1220. The standard InChI is InChI=1S/C20H17N5O2/c1-12-10-18(26)23-20(21-12)25-17(9-13(2)24-25)22-19(27)16-8-7-14-5-3-4-6-15(14)11-16/h3-11H,1-2H3,(H,22,27)(H,21,23,26). The van der Waals surface area contributed by atoms with Gasteiger partial charge in [0.1, 0.15) is 5.82 Å². The molecule has 0 unspecified atom stereocenters. The number of carbonyl (C=O) groups is 1. The summed E-state index contributed by atoms with van der Waals surface area (Å²) in [6.45, 7) is 3.53.